The zero-order valence-electron chi connectivity index (χ0n) is 19.2. The smallest absolute Gasteiger partial charge is 0.409 e. The summed E-state index contributed by atoms with van der Waals surface area (Å²) in [7, 11) is 1.50. The molecule has 0 aliphatic carbocycles. The Hall–Kier alpha value is -3.34. The lowest BCUT2D eigenvalue weighted by molar-refractivity contribution is -0.153. The number of carbonyl (C=O) groups excluding carboxylic acids is 3. The zero-order chi connectivity index (χ0) is 24.9. The number of amides is 2. The molecule has 184 valence electrons. The molecule has 2 aromatic carbocycles. The first-order valence-electron chi connectivity index (χ1n) is 11.1. The predicted molar refractivity (Wildman–Crippen MR) is 130 cm³/mol. The van der Waals surface area contributed by atoms with Gasteiger partial charge in [0.2, 0.25) is 5.91 Å². The normalized spacial score (nSPS) is 19.2. The summed E-state index contributed by atoms with van der Waals surface area (Å²) in [6.45, 7) is -0.290. The van der Waals surface area contributed by atoms with Crippen LogP contribution in [0, 0.1) is 0 Å². The van der Waals surface area contributed by atoms with Gasteiger partial charge in [0.25, 0.3) is 0 Å². The molecule has 4 rings (SSSR count). The van der Waals surface area contributed by atoms with E-state index in [4.69, 9.17) is 20.3 Å². The van der Waals surface area contributed by atoms with Gasteiger partial charge in [0.1, 0.15) is 23.7 Å². The Morgan fingerprint density at radius 3 is 2.31 bits per heavy atom. The lowest BCUT2D eigenvalue weighted by atomic mass is 10.0. The number of aliphatic hydroxyl groups is 1. The van der Waals surface area contributed by atoms with E-state index in [2.05, 4.69) is 0 Å². The molecule has 2 aliphatic heterocycles. The van der Waals surface area contributed by atoms with Gasteiger partial charge in [-0.3, -0.25) is 9.69 Å². The maximum atomic E-state index is 13.6. The maximum absolute atomic E-state index is 13.6. The van der Waals surface area contributed by atoms with Crippen molar-refractivity contribution in [3.8, 4) is 0 Å². The summed E-state index contributed by atoms with van der Waals surface area (Å²) in [5.74, 6) is -0.723. The van der Waals surface area contributed by atoms with Crippen LogP contribution in [-0.4, -0.2) is 76.9 Å². The van der Waals surface area contributed by atoms with Gasteiger partial charge in [-0.15, -0.1) is 11.8 Å². The van der Waals surface area contributed by atoms with Crippen LogP contribution in [-0.2, 0) is 19.1 Å². The number of fused-ring (bicyclic) bond motifs is 1. The number of rotatable bonds is 8. The molecule has 2 amide bonds. The van der Waals surface area contributed by atoms with E-state index < -0.39 is 24.2 Å². The highest BCUT2D eigenvalue weighted by molar-refractivity contribution is 8.00. The molecule has 0 spiro atoms. The average molecular weight is 498 g/mol. The van der Waals surface area contributed by atoms with Crippen LogP contribution in [0.15, 0.2) is 71.9 Å². The number of nitrogens with zero attached hydrogens (tertiary/aromatic N) is 2. The van der Waals surface area contributed by atoms with Crippen molar-refractivity contribution in [2.45, 2.75) is 17.5 Å². The number of hydrogen-bond donors (Lipinski definition) is 2. The molecule has 3 N–H and O–H groups in total. The number of thioether (sulfide) groups is 1. The van der Waals surface area contributed by atoms with E-state index in [1.165, 1.54) is 28.6 Å². The SMILES string of the molecule is CN(CCO)C(=O)OCC1=C(C(=O)OC(c2ccccc2)c2ccccc2)N2C(=O)[C@@H](N)[C@H]2SC1. The number of ether oxygens (including phenoxy) is 2. The average Bonchev–Trinajstić information content (AvgIpc) is 2.90. The first-order chi connectivity index (χ1) is 16.9. The van der Waals surface area contributed by atoms with E-state index in [9.17, 15) is 14.4 Å². The van der Waals surface area contributed by atoms with Gasteiger partial charge in [0.05, 0.1) is 6.61 Å². The fourth-order valence-electron chi connectivity index (χ4n) is 3.93. The highest BCUT2D eigenvalue weighted by Gasteiger charge is 2.52. The number of esters is 1. The van der Waals surface area contributed by atoms with E-state index >= 15 is 0 Å². The van der Waals surface area contributed by atoms with Crippen LogP contribution >= 0.6 is 11.8 Å². The van der Waals surface area contributed by atoms with E-state index in [0.29, 0.717) is 11.3 Å². The minimum Gasteiger partial charge on any atom is -0.448 e. The number of likely N-dealkylation sites (N-methyl/N-ethyl adjacent to an activating group) is 1. The molecule has 0 saturated carbocycles. The third-order valence-corrected chi connectivity index (χ3v) is 7.19. The van der Waals surface area contributed by atoms with Crippen LogP contribution in [0.25, 0.3) is 0 Å². The maximum Gasteiger partial charge on any atom is 0.409 e. The van der Waals surface area contributed by atoms with Crippen molar-refractivity contribution in [2.75, 3.05) is 32.6 Å². The van der Waals surface area contributed by atoms with Crippen molar-refractivity contribution in [1.29, 1.82) is 0 Å². The van der Waals surface area contributed by atoms with E-state index in [1.54, 1.807) is 0 Å². The van der Waals surface area contributed by atoms with Crippen molar-refractivity contribution in [2.24, 2.45) is 5.73 Å². The molecular weight excluding hydrogens is 470 g/mol. The summed E-state index contributed by atoms with van der Waals surface area (Å²) in [6.07, 6.45) is -1.35. The van der Waals surface area contributed by atoms with Crippen LogP contribution < -0.4 is 5.73 Å². The van der Waals surface area contributed by atoms with Gasteiger partial charge < -0.3 is 25.2 Å². The number of aliphatic hydroxyl groups excluding tert-OH is 1. The second-order valence-corrected chi connectivity index (χ2v) is 9.30. The van der Waals surface area contributed by atoms with Gasteiger partial charge in [0, 0.05) is 24.9 Å². The van der Waals surface area contributed by atoms with Crippen molar-refractivity contribution in [1.82, 2.24) is 9.80 Å². The Bertz CT molecular complexity index is 1070. The molecule has 2 heterocycles. The van der Waals surface area contributed by atoms with Crippen molar-refractivity contribution >= 4 is 29.7 Å². The molecule has 35 heavy (non-hydrogen) atoms. The van der Waals surface area contributed by atoms with Crippen LogP contribution in [0.5, 0.6) is 0 Å². The second-order valence-electron chi connectivity index (χ2n) is 8.19. The van der Waals surface area contributed by atoms with Gasteiger partial charge >= 0.3 is 12.1 Å². The first-order valence-corrected chi connectivity index (χ1v) is 12.2. The summed E-state index contributed by atoms with van der Waals surface area (Å²) >= 11 is 1.41. The summed E-state index contributed by atoms with van der Waals surface area (Å²) in [5.41, 5.74) is 8.04. The lowest BCUT2D eigenvalue weighted by Gasteiger charge is -2.48. The minimum absolute atomic E-state index is 0.0647. The Kier molecular flexibility index (Phi) is 7.74. The Morgan fingerprint density at radius 2 is 1.74 bits per heavy atom. The number of benzene rings is 2. The number of nitrogens with two attached hydrogens (primary N) is 1. The van der Waals surface area contributed by atoms with Gasteiger partial charge in [-0.1, -0.05) is 60.7 Å². The lowest BCUT2D eigenvalue weighted by Crippen LogP contribution is -2.68. The number of β-lactam (4-membered cyclic amide) rings is 1. The van der Waals surface area contributed by atoms with E-state index in [0.717, 1.165) is 11.1 Å². The van der Waals surface area contributed by atoms with Crippen LogP contribution in [0.1, 0.15) is 17.2 Å². The molecule has 0 aromatic heterocycles. The zero-order valence-corrected chi connectivity index (χ0v) is 20.0. The molecule has 9 nitrogen and oxygen atoms in total. The Labute approximate surface area is 207 Å². The van der Waals surface area contributed by atoms with Crippen molar-refractivity contribution in [3.63, 3.8) is 0 Å². The first kappa shape index (κ1) is 24.8. The molecule has 0 unspecified atom stereocenters. The summed E-state index contributed by atoms with van der Waals surface area (Å²) in [6, 6.07) is 17.9. The second kappa shape index (κ2) is 10.9. The fourth-order valence-corrected chi connectivity index (χ4v) is 5.20. The van der Waals surface area contributed by atoms with E-state index in [1.807, 2.05) is 60.7 Å². The molecule has 2 aliphatic rings. The quantitative estimate of drug-likeness (QED) is 0.419. The third kappa shape index (κ3) is 5.19. The van der Waals surface area contributed by atoms with Gasteiger partial charge in [-0.25, -0.2) is 9.59 Å². The van der Waals surface area contributed by atoms with Crippen LogP contribution in [0.3, 0.4) is 0 Å². The number of hydrogen-bond acceptors (Lipinski definition) is 8. The topological polar surface area (TPSA) is 122 Å². The number of carbonyl (C=O) groups is 3. The van der Waals surface area contributed by atoms with Crippen LogP contribution in [0.4, 0.5) is 4.79 Å². The van der Waals surface area contributed by atoms with Crippen LogP contribution in [0.2, 0.25) is 0 Å². The van der Waals surface area contributed by atoms with E-state index in [-0.39, 0.29) is 36.7 Å². The monoisotopic (exact) mass is 497 g/mol. The third-order valence-electron chi connectivity index (χ3n) is 5.83. The summed E-state index contributed by atoms with van der Waals surface area (Å²) in [5, 5.41) is 8.65. The minimum atomic E-state index is -0.707. The van der Waals surface area contributed by atoms with Crippen molar-refractivity contribution < 1.29 is 29.0 Å². The molecule has 2 atom stereocenters. The molecule has 1 saturated heterocycles. The molecular formula is C25H27N3O6S. The summed E-state index contributed by atoms with van der Waals surface area (Å²) in [4.78, 5) is 41.0. The molecule has 0 bridgehead atoms. The molecule has 2 aromatic rings. The Balaban J connectivity index is 1.63. The highest BCUT2D eigenvalue weighted by Crippen LogP contribution is 2.40. The molecule has 0 radical (unpaired) electrons. The molecule has 10 heteroatoms. The fraction of sp³-hybridized carbons (Fsp3) is 0.320. The summed E-state index contributed by atoms with van der Waals surface area (Å²) < 4.78 is 11.3. The van der Waals surface area contributed by atoms with Gasteiger partial charge in [-0.2, -0.15) is 0 Å². The largest absolute Gasteiger partial charge is 0.448 e. The molecule has 1 fully saturated rings. The van der Waals surface area contributed by atoms with Gasteiger partial charge in [0.15, 0.2) is 6.10 Å². The van der Waals surface area contributed by atoms with Crippen molar-refractivity contribution in [3.05, 3.63) is 83.1 Å². The predicted octanol–water partition coefficient (Wildman–Crippen LogP) is 1.88. The standard InChI is InChI=1S/C25H27N3O6S/c1-27(12-13-29)25(32)33-14-18-15-35-23-19(26)22(30)28(23)20(18)24(31)34-21(16-8-4-2-5-9-16)17-10-6-3-7-11-17/h2-11,19,21,23,29H,12-15,26H2,1H3/t19-,23-/m1/s1. The Morgan fingerprint density at radius 1 is 1.14 bits per heavy atom. The van der Waals surface area contributed by atoms with Gasteiger partial charge in [-0.05, 0) is 11.1 Å². The highest BCUT2D eigenvalue weighted by atomic mass is 32.2.